The normalized spacial score (nSPS) is 44.0. The van der Waals surface area contributed by atoms with Crippen LogP contribution in [0.4, 0.5) is 0 Å². The van der Waals surface area contributed by atoms with E-state index in [2.05, 4.69) is 0 Å². The molecule has 2 rings (SSSR count). The van der Waals surface area contributed by atoms with Crippen molar-refractivity contribution in [1.29, 1.82) is 0 Å². The molecule has 0 saturated heterocycles. The van der Waals surface area contributed by atoms with Gasteiger partial charge in [0.05, 0.1) is 30.3 Å². The molecule has 0 aromatic rings. The van der Waals surface area contributed by atoms with Crippen LogP contribution in [0.1, 0.15) is 44.9 Å². The summed E-state index contributed by atoms with van der Waals surface area (Å²) in [5, 5.41) is 38.6. The molecular formula is C14H24O5. The van der Waals surface area contributed by atoms with Gasteiger partial charge in [-0.25, -0.2) is 0 Å². The average molecular weight is 272 g/mol. The molecule has 0 radical (unpaired) electrons. The van der Waals surface area contributed by atoms with Crippen molar-refractivity contribution >= 4 is 5.78 Å². The van der Waals surface area contributed by atoms with Gasteiger partial charge in [0, 0.05) is 19.3 Å². The van der Waals surface area contributed by atoms with E-state index in [0.29, 0.717) is 6.42 Å². The van der Waals surface area contributed by atoms with Gasteiger partial charge in [0.15, 0.2) is 0 Å². The maximum Gasteiger partial charge on any atom is 0.141 e. The number of ketones is 1. The lowest BCUT2D eigenvalue weighted by Gasteiger charge is -2.35. The van der Waals surface area contributed by atoms with Gasteiger partial charge in [0.25, 0.3) is 0 Å². The smallest absolute Gasteiger partial charge is 0.141 e. The van der Waals surface area contributed by atoms with Gasteiger partial charge in [-0.05, 0) is 31.6 Å². The van der Waals surface area contributed by atoms with Gasteiger partial charge in [-0.3, -0.25) is 4.79 Å². The first-order valence-electron chi connectivity index (χ1n) is 7.22. The van der Waals surface area contributed by atoms with Gasteiger partial charge >= 0.3 is 0 Å². The number of Topliss-reactive ketones (excluding diaryl/α,β-unsaturated/α-hetero) is 1. The van der Waals surface area contributed by atoms with Crippen molar-refractivity contribution in [3.8, 4) is 0 Å². The monoisotopic (exact) mass is 272 g/mol. The van der Waals surface area contributed by atoms with E-state index in [-0.39, 0.29) is 30.6 Å². The van der Waals surface area contributed by atoms with Crippen molar-refractivity contribution in [3.05, 3.63) is 0 Å². The van der Waals surface area contributed by atoms with Crippen LogP contribution in [0.3, 0.4) is 0 Å². The summed E-state index contributed by atoms with van der Waals surface area (Å²) in [5.74, 6) is -0.606. The largest absolute Gasteiger partial charge is 0.393 e. The van der Waals surface area contributed by atoms with Gasteiger partial charge < -0.3 is 20.4 Å². The first-order chi connectivity index (χ1) is 8.97. The summed E-state index contributed by atoms with van der Waals surface area (Å²) < 4.78 is 0. The Morgan fingerprint density at radius 1 is 0.842 bits per heavy atom. The second-order valence-corrected chi connectivity index (χ2v) is 6.13. The Bertz CT molecular complexity index is 299. The van der Waals surface area contributed by atoms with Crippen molar-refractivity contribution < 1.29 is 25.2 Å². The maximum absolute atomic E-state index is 12.2. The number of hydrogen-bond acceptors (Lipinski definition) is 5. The molecule has 0 aliphatic heterocycles. The van der Waals surface area contributed by atoms with Crippen molar-refractivity contribution in [2.24, 2.45) is 11.8 Å². The van der Waals surface area contributed by atoms with Gasteiger partial charge in [0.1, 0.15) is 5.78 Å². The number of rotatable bonds is 3. The quantitative estimate of drug-likeness (QED) is 0.579. The molecule has 2 aliphatic rings. The molecule has 2 unspecified atom stereocenters. The molecular weight excluding hydrogens is 248 g/mol. The lowest BCUT2D eigenvalue weighted by atomic mass is 9.75. The van der Waals surface area contributed by atoms with Crippen molar-refractivity contribution in [1.82, 2.24) is 0 Å². The second kappa shape index (κ2) is 6.31. The summed E-state index contributed by atoms with van der Waals surface area (Å²) >= 11 is 0. The third-order valence-corrected chi connectivity index (χ3v) is 4.53. The number of carbonyl (C=O) groups is 1. The second-order valence-electron chi connectivity index (χ2n) is 6.13. The summed E-state index contributed by atoms with van der Waals surface area (Å²) in [6.45, 7) is 0. The van der Waals surface area contributed by atoms with E-state index in [1.54, 1.807) is 0 Å². The van der Waals surface area contributed by atoms with Gasteiger partial charge in [-0.2, -0.15) is 0 Å². The minimum atomic E-state index is -0.944. The summed E-state index contributed by atoms with van der Waals surface area (Å²) in [7, 11) is 0. The van der Waals surface area contributed by atoms with Crippen LogP contribution in [0, 0.1) is 11.8 Å². The Balaban J connectivity index is 1.88. The molecule has 2 saturated carbocycles. The van der Waals surface area contributed by atoms with Gasteiger partial charge in [-0.15, -0.1) is 0 Å². The van der Waals surface area contributed by atoms with E-state index in [0.717, 1.165) is 25.7 Å². The van der Waals surface area contributed by atoms with Gasteiger partial charge in [-0.1, -0.05) is 0 Å². The predicted molar refractivity (Wildman–Crippen MR) is 68.3 cm³/mol. The first-order valence-corrected chi connectivity index (χ1v) is 7.22. The van der Waals surface area contributed by atoms with Crippen LogP contribution in [0.25, 0.3) is 0 Å². The lowest BCUT2D eigenvalue weighted by Crippen LogP contribution is -2.46. The molecule has 110 valence electrons. The van der Waals surface area contributed by atoms with E-state index in [4.69, 9.17) is 0 Å². The zero-order valence-corrected chi connectivity index (χ0v) is 11.1. The highest BCUT2D eigenvalue weighted by Crippen LogP contribution is 2.32. The molecule has 2 aliphatic carbocycles. The van der Waals surface area contributed by atoms with Crippen molar-refractivity contribution in [2.45, 2.75) is 69.4 Å². The van der Waals surface area contributed by atoms with E-state index in [9.17, 15) is 25.2 Å². The fraction of sp³-hybridized carbons (Fsp3) is 0.929. The number of aliphatic hydroxyl groups excluding tert-OH is 4. The molecule has 0 aromatic carbocycles. The highest BCUT2D eigenvalue weighted by atomic mass is 16.3. The topological polar surface area (TPSA) is 98.0 Å². The van der Waals surface area contributed by atoms with Crippen molar-refractivity contribution in [2.75, 3.05) is 0 Å². The lowest BCUT2D eigenvalue weighted by molar-refractivity contribution is -0.140. The molecule has 4 N–H and O–H groups in total. The first kappa shape index (κ1) is 14.9. The Morgan fingerprint density at radius 3 is 1.89 bits per heavy atom. The Hall–Kier alpha value is -0.490. The van der Waals surface area contributed by atoms with Crippen LogP contribution in [0.5, 0.6) is 0 Å². The molecule has 0 spiro atoms. The maximum atomic E-state index is 12.2. The number of hydrogen-bond donors (Lipinski definition) is 4. The molecule has 0 aromatic heterocycles. The highest BCUT2D eigenvalue weighted by Gasteiger charge is 2.40. The van der Waals surface area contributed by atoms with E-state index >= 15 is 0 Å². The van der Waals surface area contributed by atoms with Crippen LogP contribution in [0.15, 0.2) is 0 Å². The third-order valence-electron chi connectivity index (χ3n) is 4.53. The molecule has 5 nitrogen and oxygen atoms in total. The number of carbonyl (C=O) groups excluding carboxylic acids is 1. The molecule has 19 heavy (non-hydrogen) atoms. The van der Waals surface area contributed by atoms with Crippen LogP contribution >= 0.6 is 0 Å². The molecule has 0 heterocycles. The molecule has 0 amide bonds. The summed E-state index contributed by atoms with van der Waals surface area (Å²) in [5.41, 5.74) is 0. The molecule has 2 fully saturated rings. The average Bonchev–Trinajstić information content (AvgIpc) is 2.30. The highest BCUT2D eigenvalue weighted by molar-refractivity contribution is 5.82. The van der Waals surface area contributed by atoms with Crippen LogP contribution in [-0.4, -0.2) is 50.6 Å². The van der Waals surface area contributed by atoms with E-state index in [1.807, 2.05) is 0 Å². The Morgan fingerprint density at radius 2 is 1.37 bits per heavy atom. The SMILES string of the molecule is O=C(CC1CCC(O)CC1)C1C(O)CC(O)CC1O. The van der Waals surface area contributed by atoms with E-state index in [1.165, 1.54) is 0 Å². The zero-order chi connectivity index (χ0) is 14.0. The van der Waals surface area contributed by atoms with Crippen LogP contribution < -0.4 is 0 Å². The van der Waals surface area contributed by atoms with E-state index < -0.39 is 24.2 Å². The summed E-state index contributed by atoms with van der Waals surface area (Å²) in [4.78, 5) is 12.2. The standard InChI is InChI=1S/C14H24O5/c15-9-3-1-8(2-4-9)5-11(17)14-12(18)6-10(16)7-13(14)19/h8-10,12-16,18-19H,1-7H2. The minimum absolute atomic E-state index is 0.103. The third kappa shape index (κ3) is 3.75. The summed E-state index contributed by atoms with van der Waals surface area (Å²) in [6.07, 6.45) is 0.948. The fourth-order valence-corrected chi connectivity index (χ4v) is 3.40. The van der Waals surface area contributed by atoms with Crippen molar-refractivity contribution in [3.63, 3.8) is 0 Å². The summed E-state index contributed by atoms with van der Waals surface area (Å²) in [6, 6.07) is 0. The predicted octanol–water partition coefficient (Wildman–Crippen LogP) is -0.0106. The molecule has 5 heteroatoms. The Labute approximate surface area is 113 Å². The Kier molecular flexibility index (Phi) is 4.95. The fourth-order valence-electron chi connectivity index (χ4n) is 3.40. The van der Waals surface area contributed by atoms with Crippen LogP contribution in [-0.2, 0) is 4.79 Å². The van der Waals surface area contributed by atoms with Gasteiger partial charge in [0.2, 0.25) is 0 Å². The van der Waals surface area contributed by atoms with Crippen LogP contribution in [0.2, 0.25) is 0 Å². The molecule has 2 atom stereocenters. The number of aliphatic hydroxyl groups is 4. The minimum Gasteiger partial charge on any atom is -0.393 e. The zero-order valence-electron chi connectivity index (χ0n) is 11.1. The molecule has 0 bridgehead atoms.